The highest BCUT2D eigenvalue weighted by Crippen LogP contribution is 2.35. The minimum atomic E-state index is -4.53. The number of aromatic nitrogens is 1. The highest BCUT2D eigenvalue weighted by Gasteiger charge is 2.33. The SMILES string of the molecule is Cc1ccc(C(=O)NC2CCN(C(=O)c3sc4nc(C(F)(F)F)ccc4c3C)CC2)o1. The van der Waals surface area contributed by atoms with Gasteiger partial charge in [0, 0.05) is 24.5 Å². The van der Waals surface area contributed by atoms with Crippen molar-refractivity contribution in [1.82, 2.24) is 15.2 Å². The first kappa shape index (κ1) is 21.4. The van der Waals surface area contributed by atoms with E-state index < -0.39 is 11.9 Å². The first-order chi connectivity index (χ1) is 14.6. The molecule has 0 radical (unpaired) electrons. The van der Waals surface area contributed by atoms with Gasteiger partial charge < -0.3 is 14.6 Å². The van der Waals surface area contributed by atoms with Crippen LogP contribution >= 0.6 is 11.3 Å². The van der Waals surface area contributed by atoms with E-state index in [-0.39, 0.29) is 28.4 Å². The molecule has 3 aromatic heterocycles. The third-order valence-corrected chi connectivity index (χ3v) is 6.56. The molecular formula is C21H20F3N3O3S. The molecule has 164 valence electrons. The minimum absolute atomic E-state index is 0.0820. The largest absolute Gasteiger partial charge is 0.456 e. The average Bonchev–Trinajstić information content (AvgIpc) is 3.31. The molecule has 0 saturated carbocycles. The Kier molecular flexibility index (Phi) is 5.50. The molecule has 4 heterocycles. The molecule has 1 saturated heterocycles. The topological polar surface area (TPSA) is 75.4 Å². The molecule has 0 unspecified atom stereocenters. The number of nitrogens with zero attached hydrogens (tertiary/aromatic N) is 2. The Hall–Kier alpha value is -2.88. The van der Waals surface area contributed by atoms with Crippen LogP contribution in [-0.4, -0.2) is 40.8 Å². The van der Waals surface area contributed by atoms with Gasteiger partial charge in [-0.25, -0.2) is 4.98 Å². The van der Waals surface area contributed by atoms with Crippen LogP contribution in [0.2, 0.25) is 0 Å². The third-order valence-electron chi connectivity index (χ3n) is 5.37. The Balaban J connectivity index is 1.43. The molecule has 2 amide bonds. The Morgan fingerprint density at radius 3 is 2.48 bits per heavy atom. The second kappa shape index (κ2) is 7.99. The van der Waals surface area contributed by atoms with Gasteiger partial charge in [-0.2, -0.15) is 13.2 Å². The summed E-state index contributed by atoms with van der Waals surface area (Å²) in [7, 11) is 0. The van der Waals surface area contributed by atoms with Crippen LogP contribution in [0.1, 0.15) is 50.1 Å². The molecule has 0 atom stereocenters. The molecule has 6 nitrogen and oxygen atoms in total. The van der Waals surface area contributed by atoms with Crippen molar-refractivity contribution in [2.45, 2.75) is 38.9 Å². The fraction of sp³-hybridized carbons (Fsp3) is 0.381. The maximum absolute atomic E-state index is 13.0. The number of hydrogen-bond acceptors (Lipinski definition) is 5. The van der Waals surface area contributed by atoms with Gasteiger partial charge in [0.15, 0.2) is 5.76 Å². The molecule has 0 aromatic carbocycles. The Bertz CT molecular complexity index is 1140. The van der Waals surface area contributed by atoms with Gasteiger partial charge in [0.25, 0.3) is 11.8 Å². The number of alkyl halides is 3. The molecule has 0 bridgehead atoms. The Morgan fingerprint density at radius 1 is 1.16 bits per heavy atom. The molecule has 0 spiro atoms. The van der Waals surface area contributed by atoms with Crippen molar-refractivity contribution in [3.05, 3.63) is 51.9 Å². The molecule has 1 N–H and O–H groups in total. The number of likely N-dealkylation sites (tertiary alicyclic amines) is 1. The van der Waals surface area contributed by atoms with E-state index in [0.29, 0.717) is 47.5 Å². The number of halogens is 3. The molecule has 4 rings (SSSR count). The van der Waals surface area contributed by atoms with Gasteiger partial charge in [-0.1, -0.05) is 0 Å². The van der Waals surface area contributed by atoms with Crippen molar-refractivity contribution in [3.8, 4) is 0 Å². The molecule has 3 aromatic rings. The molecular weight excluding hydrogens is 431 g/mol. The van der Waals surface area contributed by atoms with Crippen LogP contribution in [0.15, 0.2) is 28.7 Å². The number of rotatable bonds is 3. The van der Waals surface area contributed by atoms with E-state index in [2.05, 4.69) is 10.3 Å². The predicted octanol–water partition coefficient (Wildman–Crippen LogP) is 4.56. The second-order valence-corrected chi connectivity index (χ2v) is 8.55. The second-order valence-electron chi connectivity index (χ2n) is 7.55. The van der Waals surface area contributed by atoms with E-state index in [1.165, 1.54) is 6.07 Å². The number of thiophene rings is 1. The van der Waals surface area contributed by atoms with Crippen molar-refractivity contribution >= 4 is 33.4 Å². The highest BCUT2D eigenvalue weighted by atomic mass is 32.1. The lowest BCUT2D eigenvalue weighted by atomic mass is 10.0. The summed E-state index contributed by atoms with van der Waals surface area (Å²) in [6.45, 7) is 4.36. The Labute approximate surface area is 180 Å². The first-order valence-corrected chi connectivity index (χ1v) is 10.6. The van der Waals surface area contributed by atoms with Gasteiger partial charge in [-0.15, -0.1) is 11.3 Å². The van der Waals surface area contributed by atoms with Gasteiger partial charge in [0.05, 0.1) is 4.88 Å². The highest BCUT2D eigenvalue weighted by molar-refractivity contribution is 7.20. The van der Waals surface area contributed by atoms with Crippen molar-refractivity contribution < 1.29 is 27.2 Å². The summed E-state index contributed by atoms with van der Waals surface area (Å²) in [5, 5.41) is 3.47. The van der Waals surface area contributed by atoms with Crippen molar-refractivity contribution in [2.75, 3.05) is 13.1 Å². The summed E-state index contributed by atoms with van der Waals surface area (Å²) in [5.74, 6) is 0.397. The molecule has 10 heteroatoms. The van der Waals surface area contributed by atoms with E-state index in [1.807, 2.05) is 0 Å². The molecule has 1 fully saturated rings. The molecule has 1 aliphatic heterocycles. The number of fused-ring (bicyclic) bond motifs is 1. The number of amides is 2. The van der Waals surface area contributed by atoms with Crippen LogP contribution in [0.5, 0.6) is 0 Å². The maximum Gasteiger partial charge on any atom is 0.433 e. The number of nitrogens with one attached hydrogen (secondary N) is 1. The maximum atomic E-state index is 13.0. The number of carbonyl (C=O) groups is 2. The monoisotopic (exact) mass is 451 g/mol. The summed E-state index contributed by atoms with van der Waals surface area (Å²) in [6.07, 6.45) is -3.37. The quantitative estimate of drug-likeness (QED) is 0.634. The van der Waals surface area contributed by atoms with Crippen LogP contribution in [0.3, 0.4) is 0 Å². The summed E-state index contributed by atoms with van der Waals surface area (Å²) >= 11 is 0.983. The van der Waals surface area contributed by atoms with Gasteiger partial charge in [0.2, 0.25) is 0 Å². The molecule has 1 aliphatic rings. The van der Waals surface area contributed by atoms with Crippen molar-refractivity contribution in [3.63, 3.8) is 0 Å². The van der Waals surface area contributed by atoms with Crippen molar-refractivity contribution in [2.24, 2.45) is 0 Å². The van der Waals surface area contributed by atoms with Crippen LogP contribution in [-0.2, 0) is 6.18 Å². The lowest BCUT2D eigenvalue weighted by Gasteiger charge is -2.32. The molecule has 0 aliphatic carbocycles. The number of furan rings is 1. The summed E-state index contributed by atoms with van der Waals surface area (Å²) in [6, 6.07) is 5.56. The van der Waals surface area contributed by atoms with Gasteiger partial charge in [-0.05, 0) is 56.5 Å². The third kappa shape index (κ3) is 4.30. The van der Waals surface area contributed by atoms with E-state index in [1.54, 1.807) is 30.9 Å². The fourth-order valence-corrected chi connectivity index (χ4v) is 4.79. The fourth-order valence-electron chi connectivity index (χ4n) is 3.64. The summed E-state index contributed by atoms with van der Waals surface area (Å²) < 4.78 is 44.1. The zero-order chi connectivity index (χ0) is 22.3. The van der Waals surface area contributed by atoms with Gasteiger partial charge >= 0.3 is 6.18 Å². The van der Waals surface area contributed by atoms with Crippen LogP contribution in [0, 0.1) is 13.8 Å². The average molecular weight is 451 g/mol. The zero-order valence-corrected chi connectivity index (χ0v) is 17.7. The van der Waals surface area contributed by atoms with E-state index in [9.17, 15) is 22.8 Å². The first-order valence-electron chi connectivity index (χ1n) is 9.77. The normalized spacial score (nSPS) is 15.5. The summed E-state index contributed by atoms with van der Waals surface area (Å²) in [5.41, 5.74) is -0.335. The van der Waals surface area contributed by atoms with E-state index in [0.717, 1.165) is 17.4 Å². The lowest BCUT2D eigenvalue weighted by Crippen LogP contribution is -2.46. The molecule has 31 heavy (non-hydrogen) atoms. The standard InChI is InChI=1S/C21H20F3N3O3S/c1-11-3-5-15(30-11)18(28)25-13-7-9-27(10-8-13)20(29)17-12(2)14-4-6-16(21(22,23)24)26-19(14)31-17/h3-6,13H,7-10H2,1-2H3,(H,25,28). The number of aryl methyl sites for hydroxylation is 2. The minimum Gasteiger partial charge on any atom is -0.456 e. The van der Waals surface area contributed by atoms with E-state index in [4.69, 9.17) is 4.42 Å². The van der Waals surface area contributed by atoms with Gasteiger partial charge in [-0.3, -0.25) is 9.59 Å². The number of hydrogen-bond donors (Lipinski definition) is 1. The van der Waals surface area contributed by atoms with Crippen LogP contribution in [0.4, 0.5) is 13.2 Å². The van der Waals surface area contributed by atoms with Gasteiger partial charge in [0.1, 0.15) is 16.3 Å². The lowest BCUT2D eigenvalue weighted by molar-refractivity contribution is -0.140. The Morgan fingerprint density at radius 2 is 1.87 bits per heavy atom. The predicted molar refractivity (Wildman–Crippen MR) is 109 cm³/mol. The van der Waals surface area contributed by atoms with Crippen molar-refractivity contribution in [1.29, 1.82) is 0 Å². The summed E-state index contributed by atoms with van der Waals surface area (Å²) in [4.78, 5) is 31.2. The zero-order valence-electron chi connectivity index (χ0n) is 16.9. The van der Waals surface area contributed by atoms with E-state index >= 15 is 0 Å². The van der Waals surface area contributed by atoms with Crippen LogP contribution < -0.4 is 5.32 Å². The number of pyridine rings is 1. The smallest absolute Gasteiger partial charge is 0.433 e. The van der Waals surface area contributed by atoms with Crippen LogP contribution in [0.25, 0.3) is 10.2 Å². The number of carbonyl (C=O) groups excluding carboxylic acids is 2. The number of piperidine rings is 1.